The monoisotopic (exact) mass is 712 g/mol. The summed E-state index contributed by atoms with van der Waals surface area (Å²) in [7, 11) is 4.39. The predicted molar refractivity (Wildman–Crippen MR) is 183 cm³/mol. The minimum Gasteiger partial charge on any atom is -0.497 e. The number of amides is 2. The van der Waals surface area contributed by atoms with Crippen molar-refractivity contribution in [3.8, 4) is 11.5 Å². The molecule has 0 atom stereocenters. The first kappa shape index (κ1) is 38.2. The summed E-state index contributed by atoms with van der Waals surface area (Å²) < 4.78 is 25.5. The average Bonchev–Trinajstić information content (AvgIpc) is 3.10. The molecule has 0 aliphatic heterocycles. The molecule has 0 aliphatic carbocycles. The first-order valence-electron chi connectivity index (χ1n) is 14.6. The van der Waals surface area contributed by atoms with E-state index in [-0.39, 0.29) is 52.5 Å². The third-order valence-electron chi connectivity index (χ3n) is 6.36. The van der Waals surface area contributed by atoms with Crippen molar-refractivity contribution in [2.45, 2.75) is 13.8 Å². The lowest BCUT2D eigenvalue weighted by atomic mass is 10.1. The van der Waals surface area contributed by atoms with E-state index >= 15 is 0 Å². The summed E-state index contributed by atoms with van der Waals surface area (Å²) in [5.74, 6) is -1.06. The zero-order valence-electron chi connectivity index (χ0n) is 27.3. The van der Waals surface area contributed by atoms with Crippen LogP contribution in [0, 0.1) is 0 Å². The van der Waals surface area contributed by atoms with Crippen molar-refractivity contribution in [2.75, 3.05) is 51.5 Å². The van der Waals surface area contributed by atoms with E-state index in [0.717, 1.165) is 0 Å². The highest BCUT2D eigenvalue weighted by Crippen LogP contribution is 2.27. The zero-order chi connectivity index (χ0) is 35.9. The number of ether oxygens (including phenoxy) is 5. The Morgan fingerprint density at radius 1 is 0.735 bits per heavy atom. The van der Waals surface area contributed by atoms with Gasteiger partial charge in [0, 0.05) is 37.3 Å². The van der Waals surface area contributed by atoms with Crippen LogP contribution in [0.2, 0.25) is 10.3 Å². The zero-order valence-corrected chi connectivity index (χ0v) is 28.8. The van der Waals surface area contributed by atoms with Gasteiger partial charge in [0.05, 0.1) is 55.4 Å². The van der Waals surface area contributed by atoms with Crippen LogP contribution >= 0.6 is 23.2 Å². The van der Waals surface area contributed by atoms with E-state index in [1.54, 1.807) is 50.2 Å². The Kier molecular flexibility index (Phi) is 14.8. The summed E-state index contributed by atoms with van der Waals surface area (Å²) in [5, 5.41) is 2.83. The largest absolute Gasteiger partial charge is 0.497 e. The van der Waals surface area contributed by atoms with Crippen molar-refractivity contribution in [1.82, 2.24) is 9.97 Å². The molecule has 2 amide bonds. The number of benzene rings is 2. The van der Waals surface area contributed by atoms with E-state index in [0.29, 0.717) is 22.9 Å². The Bertz CT molecular complexity index is 1790. The first-order chi connectivity index (χ1) is 23.6. The smallest absolute Gasteiger partial charge is 0.338 e. The van der Waals surface area contributed by atoms with Gasteiger partial charge in [-0.1, -0.05) is 23.2 Å². The molecule has 4 rings (SSSR count). The molecule has 0 spiro atoms. The number of carbonyl (C=O) groups is 4. The Hall–Kier alpha value is -5.24. The van der Waals surface area contributed by atoms with Crippen molar-refractivity contribution >= 4 is 58.3 Å². The summed E-state index contributed by atoms with van der Waals surface area (Å²) in [4.78, 5) is 58.2. The van der Waals surface area contributed by atoms with Crippen molar-refractivity contribution in [3.63, 3.8) is 0 Å². The molecule has 0 saturated heterocycles. The van der Waals surface area contributed by atoms with Gasteiger partial charge < -0.3 is 29.0 Å². The number of hydrogen-bond acceptors (Lipinski definition) is 11. The maximum atomic E-state index is 12.9. The Balaban J connectivity index is 0.000000267. The number of nitrogens with one attached hydrogen (secondary N) is 1. The summed E-state index contributed by atoms with van der Waals surface area (Å²) in [6.07, 6.45) is 2.98. The van der Waals surface area contributed by atoms with Crippen LogP contribution < -0.4 is 19.7 Å². The molecule has 0 aliphatic rings. The number of anilines is 2. The van der Waals surface area contributed by atoms with Crippen molar-refractivity contribution in [2.24, 2.45) is 0 Å². The van der Waals surface area contributed by atoms with E-state index in [4.69, 9.17) is 46.9 Å². The number of esters is 2. The van der Waals surface area contributed by atoms with Crippen LogP contribution in [0.3, 0.4) is 0 Å². The normalized spacial score (nSPS) is 10.2. The highest BCUT2D eigenvalue weighted by atomic mass is 35.5. The Labute approximate surface area is 293 Å². The lowest BCUT2D eigenvalue weighted by Crippen LogP contribution is -2.33. The lowest BCUT2D eigenvalue weighted by Gasteiger charge is -2.23. The van der Waals surface area contributed by atoms with E-state index in [2.05, 4.69) is 15.3 Å². The number of pyridine rings is 2. The number of halogens is 2. The summed E-state index contributed by atoms with van der Waals surface area (Å²) in [5.41, 5.74) is 1.77. The number of hydrogen-bond donors (Lipinski definition) is 1. The molecule has 258 valence electrons. The van der Waals surface area contributed by atoms with Crippen LogP contribution in [-0.2, 0) is 14.2 Å². The fraction of sp³-hybridized carbons (Fsp3) is 0.235. The molecule has 4 aromatic rings. The van der Waals surface area contributed by atoms with Crippen LogP contribution in [0.1, 0.15) is 55.3 Å². The minimum atomic E-state index is -0.517. The van der Waals surface area contributed by atoms with Crippen LogP contribution in [-0.4, -0.2) is 75.0 Å². The first-order valence-corrected chi connectivity index (χ1v) is 15.4. The Morgan fingerprint density at radius 3 is 1.78 bits per heavy atom. The fourth-order valence-corrected chi connectivity index (χ4v) is 4.54. The third-order valence-corrected chi connectivity index (χ3v) is 6.96. The van der Waals surface area contributed by atoms with Gasteiger partial charge in [-0.25, -0.2) is 19.6 Å². The van der Waals surface area contributed by atoms with Crippen LogP contribution in [0.15, 0.2) is 73.1 Å². The van der Waals surface area contributed by atoms with Crippen LogP contribution in [0.5, 0.6) is 11.5 Å². The maximum absolute atomic E-state index is 12.9. The molecule has 2 aromatic carbocycles. The number of nitrogens with zero attached hydrogens (tertiary/aromatic N) is 3. The Morgan fingerprint density at radius 2 is 1.27 bits per heavy atom. The molecule has 15 heteroatoms. The number of aromatic nitrogens is 2. The molecule has 0 fully saturated rings. The van der Waals surface area contributed by atoms with E-state index < -0.39 is 23.8 Å². The minimum absolute atomic E-state index is 0.0561. The van der Waals surface area contributed by atoms with Crippen molar-refractivity contribution in [1.29, 1.82) is 0 Å². The quantitative estimate of drug-likeness (QED) is 0.0993. The average molecular weight is 714 g/mol. The highest BCUT2D eigenvalue weighted by Gasteiger charge is 2.23. The molecule has 0 bridgehead atoms. The van der Waals surface area contributed by atoms with Gasteiger partial charge >= 0.3 is 11.9 Å². The second-order valence-corrected chi connectivity index (χ2v) is 10.3. The van der Waals surface area contributed by atoms with Gasteiger partial charge in [0.1, 0.15) is 28.5 Å². The molecule has 0 radical (unpaired) electrons. The highest BCUT2D eigenvalue weighted by molar-refractivity contribution is 6.33. The van der Waals surface area contributed by atoms with Crippen LogP contribution in [0.4, 0.5) is 11.4 Å². The standard InChI is InChI=1S/C18H19ClN2O5.C16H15ClN2O4/c1-4-26-18(23)12-8-13(10-14(9-12)25-3)21(11-24-2)17(22)15-6-5-7-20-16(15)19;1-3-23-16(21)10-7-11(9-12(8-10)22-2)19-15(20)13-5-4-6-18-14(13)17/h5-10H,4,11H2,1-3H3;4-9H,3H2,1-2H3,(H,19,20). The number of carbonyl (C=O) groups excluding carboxylic acids is 4. The van der Waals surface area contributed by atoms with Gasteiger partial charge in [-0.2, -0.15) is 0 Å². The molecule has 0 saturated carbocycles. The summed E-state index contributed by atoms with van der Waals surface area (Å²) >= 11 is 11.9. The van der Waals surface area contributed by atoms with Gasteiger partial charge in [-0.15, -0.1) is 0 Å². The van der Waals surface area contributed by atoms with Gasteiger partial charge in [0.25, 0.3) is 11.8 Å². The van der Waals surface area contributed by atoms with Crippen molar-refractivity contribution in [3.05, 3.63) is 106 Å². The molecule has 49 heavy (non-hydrogen) atoms. The number of methoxy groups -OCH3 is 3. The maximum Gasteiger partial charge on any atom is 0.338 e. The fourth-order valence-electron chi connectivity index (χ4n) is 4.13. The molecule has 13 nitrogen and oxygen atoms in total. The molecule has 0 unspecified atom stereocenters. The topological polar surface area (TPSA) is 155 Å². The van der Waals surface area contributed by atoms with Crippen LogP contribution in [0.25, 0.3) is 0 Å². The SMILES string of the molecule is CCOC(=O)c1cc(NC(=O)c2cccnc2Cl)cc(OC)c1.CCOC(=O)c1cc(OC)cc(N(COC)C(=O)c2cccnc2Cl)c1. The predicted octanol–water partition coefficient (Wildman–Crippen LogP) is 6.34. The second kappa shape index (κ2) is 18.9. The second-order valence-electron chi connectivity index (χ2n) is 9.60. The van der Waals surface area contributed by atoms with E-state index in [1.165, 1.54) is 62.9 Å². The summed E-state index contributed by atoms with van der Waals surface area (Å²) in [6, 6.07) is 15.6. The summed E-state index contributed by atoms with van der Waals surface area (Å²) in [6.45, 7) is 3.86. The van der Waals surface area contributed by atoms with Crippen molar-refractivity contribution < 1.29 is 42.9 Å². The molecular formula is C34H34Cl2N4O9. The molecule has 1 N–H and O–H groups in total. The van der Waals surface area contributed by atoms with E-state index in [9.17, 15) is 19.2 Å². The number of rotatable bonds is 12. The lowest BCUT2D eigenvalue weighted by molar-refractivity contribution is 0.0516. The van der Waals surface area contributed by atoms with Gasteiger partial charge in [-0.3, -0.25) is 14.5 Å². The van der Waals surface area contributed by atoms with E-state index in [1.807, 2.05) is 0 Å². The molecular weight excluding hydrogens is 679 g/mol. The van der Waals surface area contributed by atoms with Gasteiger partial charge in [0.2, 0.25) is 0 Å². The van der Waals surface area contributed by atoms with Gasteiger partial charge in [-0.05, 0) is 62.4 Å². The van der Waals surface area contributed by atoms with Gasteiger partial charge in [0.15, 0.2) is 0 Å². The third kappa shape index (κ3) is 10.6. The molecule has 2 aromatic heterocycles. The molecule has 2 heterocycles.